The summed E-state index contributed by atoms with van der Waals surface area (Å²) >= 11 is 0. The first kappa shape index (κ1) is 15.3. The maximum absolute atomic E-state index is 12.1. The summed E-state index contributed by atoms with van der Waals surface area (Å²) < 4.78 is 5.38. The highest BCUT2D eigenvalue weighted by molar-refractivity contribution is 6.21. The Morgan fingerprint density at radius 3 is 2.52 bits per heavy atom. The topological polar surface area (TPSA) is 50.7 Å². The molecule has 0 fully saturated rings. The van der Waals surface area contributed by atoms with Gasteiger partial charge in [-0.2, -0.15) is 4.99 Å². The number of fused-ring (bicyclic) bond motifs is 1. The standard InChI is InChI=1S/C19H20N2O2/c1-19(2,13-8-5-4-6-9-13)12-20-17-16-14(18(22)21-17)10-7-11-15(16)23-3/h4-11H,12H2,1-3H3,(H,20,21,22). The number of carbonyl (C=O) groups is 1. The number of methoxy groups -OCH3 is 1. The van der Waals surface area contributed by atoms with Crippen molar-refractivity contribution in [1.82, 2.24) is 5.32 Å². The number of carbonyl (C=O) groups excluding carboxylic acids is 1. The van der Waals surface area contributed by atoms with E-state index in [2.05, 4.69) is 36.3 Å². The van der Waals surface area contributed by atoms with Crippen LogP contribution in [0.4, 0.5) is 0 Å². The molecule has 0 atom stereocenters. The van der Waals surface area contributed by atoms with Crippen LogP contribution in [0.5, 0.6) is 5.75 Å². The Hall–Kier alpha value is -2.62. The minimum atomic E-state index is -0.223. The van der Waals surface area contributed by atoms with Gasteiger partial charge in [-0.1, -0.05) is 50.2 Å². The van der Waals surface area contributed by atoms with Crippen LogP contribution >= 0.6 is 0 Å². The van der Waals surface area contributed by atoms with Gasteiger partial charge in [0.2, 0.25) is 0 Å². The Labute approximate surface area is 136 Å². The van der Waals surface area contributed by atoms with E-state index in [9.17, 15) is 4.79 Å². The molecule has 0 spiro atoms. The van der Waals surface area contributed by atoms with Crippen molar-refractivity contribution in [2.24, 2.45) is 4.99 Å². The smallest absolute Gasteiger partial charge is 0.279 e. The van der Waals surface area contributed by atoms with E-state index in [0.29, 0.717) is 23.7 Å². The minimum absolute atomic E-state index is 0.0857. The zero-order valence-electron chi connectivity index (χ0n) is 13.6. The largest absolute Gasteiger partial charge is 0.496 e. The predicted octanol–water partition coefficient (Wildman–Crippen LogP) is 3.16. The lowest BCUT2D eigenvalue weighted by Gasteiger charge is -2.26. The van der Waals surface area contributed by atoms with Gasteiger partial charge in [-0.15, -0.1) is 0 Å². The van der Waals surface area contributed by atoms with E-state index in [0.717, 1.165) is 5.56 Å². The lowest BCUT2D eigenvalue weighted by molar-refractivity contribution is 0.101. The highest BCUT2D eigenvalue weighted by Gasteiger charge is 2.28. The summed E-state index contributed by atoms with van der Waals surface area (Å²) in [6.07, 6.45) is 0. The first-order valence-corrected chi connectivity index (χ1v) is 7.63. The fraction of sp³-hybridized carbons (Fsp3) is 0.263. The van der Waals surface area contributed by atoms with Crippen molar-refractivity contribution < 1.29 is 9.53 Å². The summed E-state index contributed by atoms with van der Waals surface area (Å²) in [5, 5.41) is 3.33. The van der Waals surface area contributed by atoms with Crippen LogP contribution in [0.2, 0.25) is 0 Å². The van der Waals surface area contributed by atoms with Crippen molar-refractivity contribution in [2.45, 2.75) is 19.3 Å². The Balaban J connectivity index is 1.84. The first-order chi connectivity index (χ1) is 11.0. The van der Waals surface area contributed by atoms with Crippen molar-refractivity contribution >= 4 is 11.7 Å². The van der Waals surface area contributed by atoms with Crippen molar-refractivity contribution in [1.29, 1.82) is 0 Å². The Morgan fingerprint density at radius 2 is 1.83 bits per heavy atom. The second-order valence-electron chi connectivity index (χ2n) is 6.25. The molecule has 0 aliphatic carbocycles. The van der Waals surface area contributed by atoms with E-state index in [1.165, 1.54) is 5.56 Å². The van der Waals surface area contributed by atoms with Crippen LogP contribution < -0.4 is 10.1 Å². The summed E-state index contributed by atoms with van der Waals surface area (Å²) in [5.74, 6) is 1.03. The summed E-state index contributed by atoms with van der Waals surface area (Å²) in [4.78, 5) is 16.2. The lowest BCUT2D eigenvalue weighted by atomic mass is 9.84. The molecule has 0 unspecified atom stereocenters. The van der Waals surface area contributed by atoms with E-state index < -0.39 is 0 Å². The third-order valence-electron chi connectivity index (χ3n) is 4.18. The summed E-state index contributed by atoms with van der Waals surface area (Å²) in [7, 11) is 1.60. The van der Waals surface area contributed by atoms with Gasteiger partial charge >= 0.3 is 0 Å². The minimum Gasteiger partial charge on any atom is -0.496 e. The molecule has 4 heteroatoms. The first-order valence-electron chi connectivity index (χ1n) is 7.63. The molecule has 118 valence electrons. The molecular weight excluding hydrogens is 288 g/mol. The van der Waals surface area contributed by atoms with Crippen molar-refractivity contribution in [3.8, 4) is 5.75 Å². The quantitative estimate of drug-likeness (QED) is 0.944. The van der Waals surface area contributed by atoms with Gasteiger partial charge in [-0.3, -0.25) is 4.79 Å². The molecule has 1 aliphatic heterocycles. The van der Waals surface area contributed by atoms with Gasteiger partial charge in [0.25, 0.3) is 5.91 Å². The lowest BCUT2D eigenvalue weighted by Crippen LogP contribution is -2.36. The van der Waals surface area contributed by atoms with Gasteiger partial charge in [0.1, 0.15) is 11.6 Å². The fourth-order valence-corrected chi connectivity index (χ4v) is 2.77. The molecule has 23 heavy (non-hydrogen) atoms. The van der Waals surface area contributed by atoms with E-state index in [-0.39, 0.29) is 11.3 Å². The van der Waals surface area contributed by atoms with Crippen LogP contribution in [0.25, 0.3) is 0 Å². The average molecular weight is 308 g/mol. The zero-order chi connectivity index (χ0) is 16.4. The molecule has 1 N–H and O–H groups in total. The van der Waals surface area contributed by atoms with Gasteiger partial charge in [0, 0.05) is 12.0 Å². The zero-order valence-corrected chi connectivity index (χ0v) is 13.6. The summed E-state index contributed by atoms with van der Waals surface area (Å²) in [6.45, 7) is 4.99. The normalized spacial score (nSPS) is 13.5. The number of amides is 1. The molecule has 4 nitrogen and oxygen atoms in total. The average Bonchev–Trinajstić information content (AvgIpc) is 2.90. The second-order valence-corrected chi connectivity index (χ2v) is 6.25. The number of hydrogen-bond acceptors (Lipinski definition) is 3. The van der Waals surface area contributed by atoms with Gasteiger partial charge in [-0.25, -0.2) is 0 Å². The Kier molecular flexibility index (Phi) is 3.90. The van der Waals surface area contributed by atoms with Crippen molar-refractivity contribution in [3.05, 3.63) is 65.2 Å². The monoisotopic (exact) mass is 308 g/mol. The molecule has 0 saturated carbocycles. The van der Waals surface area contributed by atoms with Crippen LogP contribution in [0.1, 0.15) is 35.3 Å². The Morgan fingerprint density at radius 1 is 1.09 bits per heavy atom. The molecule has 2 aromatic rings. The van der Waals surface area contributed by atoms with Gasteiger partial charge in [-0.05, 0) is 17.7 Å². The predicted molar refractivity (Wildman–Crippen MR) is 91.3 cm³/mol. The number of hydrogen-bond donors (Lipinski definition) is 1. The summed E-state index contributed by atoms with van der Waals surface area (Å²) in [6, 6.07) is 15.7. The molecule has 0 saturated heterocycles. The highest BCUT2D eigenvalue weighted by Crippen LogP contribution is 2.28. The van der Waals surface area contributed by atoms with Crippen LogP contribution in [0.15, 0.2) is 53.5 Å². The van der Waals surface area contributed by atoms with Crippen LogP contribution in [-0.2, 0) is 5.41 Å². The molecule has 0 aromatic heterocycles. The maximum Gasteiger partial charge on any atom is 0.279 e. The molecule has 2 aromatic carbocycles. The molecule has 1 amide bonds. The van der Waals surface area contributed by atoms with Crippen molar-refractivity contribution in [2.75, 3.05) is 13.7 Å². The number of aliphatic imine (C=N–C) groups is 1. The molecule has 0 radical (unpaired) electrons. The van der Waals surface area contributed by atoms with E-state index >= 15 is 0 Å². The van der Waals surface area contributed by atoms with Gasteiger partial charge < -0.3 is 10.1 Å². The summed E-state index contributed by atoms with van der Waals surface area (Å²) in [5.41, 5.74) is 2.49. The van der Waals surface area contributed by atoms with Crippen LogP contribution in [0.3, 0.4) is 0 Å². The fourth-order valence-electron chi connectivity index (χ4n) is 2.77. The molecule has 3 rings (SSSR count). The number of benzene rings is 2. The Bertz CT molecular complexity index is 764. The maximum atomic E-state index is 12.1. The molecule has 0 bridgehead atoms. The molecule has 1 aliphatic rings. The second kappa shape index (κ2) is 5.88. The van der Waals surface area contributed by atoms with Crippen LogP contribution in [-0.4, -0.2) is 25.4 Å². The van der Waals surface area contributed by atoms with Gasteiger partial charge in [0.15, 0.2) is 0 Å². The number of amidine groups is 1. The SMILES string of the molecule is COc1cccc2c1C(NCC(C)(C)c1ccccc1)=NC2=O. The van der Waals surface area contributed by atoms with Crippen molar-refractivity contribution in [3.63, 3.8) is 0 Å². The van der Waals surface area contributed by atoms with Crippen LogP contribution in [0, 0.1) is 0 Å². The van der Waals surface area contributed by atoms with E-state index in [1.807, 2.05) is 30.3 Å². The molecular formula is C19H20N2O2. The number of nitrogens with zero attached hydrogens (tertiary/aromatic N) is 1. The highest BCUT2D eigenvalue weighted by atomic mass is 16.5. The third kappa shape index (κ3) is 2.84. The molecule has 1 heterocycles. The number of nitrogens with one attached hydrogen (secondary N) is 1. The van der Waals surface area contributed by atoms with E-state index in [1.54, 1.807) is 13.2 Å². The number of ether oxygens (including phenoxy) is 1. The number of rotatable bonds is 4. The van der Waals surface area contributed by atoms with E-state index in [4.69, 9.17) is 4.74 Å². The van der Waals surface area contributed by atoms with Gasteiger partial charge in [0.05, 0.1) is 18.2 Å². The third-order valence-corrected chi connectivity index (χ3v) is 4.18.